The first-order valence-electron chi connectivity index (χ1n) is 25.6. The quantitative estimate of drug-likeness (QED) is 0.0822. The van der Waals surface area contributed by atoms with Crippen LogP contribution < -0.4 is 30.6 Å². The molecule has 75 heavy (non-hydrogen) atoms. The average Bonchev–Trinajstić information content (AvgIpc) is 4.02. The van der Waals surface area contributed by atoms with Crippen LogP contribution in [0.5, 0.6) is 11.5 Å². The summed E-state index contributed by atoms with van der Waals surface area (Å²) in [7, 11) is 0. The van der Waals surface area contributed by atoms with E-state index in [0.717, 1.165) is 95.1 Å². The zero-order chi connectivity index (χ0) is 50.0. The lowest BCUT2D eigenvalue weighted by molar-refractivity contribution is -0.571. The summed E-state index contributed by atoms with van der Waals surface area (Å²) in [6.45, 7) is 4.57. The van der Waals surface area contributed by atoms with Gasteiger partial charge in [0.2, 0.25) is 6.71 Å². The molecule has 13 aromatic rings. The largest absolute Gasteiger partial charge is 0.458 e. The number of imidazole rings is 1. The summed E-state index contributed by atoms with van der Waals surface area (Å²) in [6.07, 6.45) is 5.75. The van der Waals surface area contributed by atoms with E-state index in [9.17, 15) is 0 Å². The second kappa shape index (κ2) is 18.1. The lowest BCUT2D eigenvalue weighted by Gasteiger charge is -2.37. The predicted octanol–water partition coefficient (Wildman–Crippen LogP) is 14.2. The Labute approximate surface area is 436 Å². The lowest BCUT2D eigenvalue weighted by Crippen LogP contribution is -2.58. The number of aryl methyl sites for hydroxylation is 2. The molecule has 4 heterocycles. The van der Waals surface area contributed by atoms with Gasteiger partial charge in [0.15, 0.2) is 0 Å². The molecule has 0 aliphatic carbocycles. The maximum Gasteiger partial charge on any atom is 0.269 e. The molecule has 6 nitrogen and oxygen atoms in total. The Balaban J connectivity index is 0.856. The number of rotatable bonds is 9. The molecule has 0 radical (unpaired) electrons. The van der Waals surface area contributed by atoms with E-state index in [4.69, 9.17) is 9.72 Å². The van der Waals surface area contributed by atoms with Gasteiger partial charge in [0, 0.05) is 40.5 Å². The molecule has 10 aromatic carbocycles. The van der Waals surface area contributed by atoms with Crippen LogP contribution in [0.15, 0.2) is 255 Å². The molecule has 14 rings (SSSR count). The summed E-state index contributed by atoms with van der Waals surface area (Å²) >= 11 is 0. The highest BCUT2D eigenvalue weighted by Crippen LogP contribution is 2.40. The minimum Gasteiger partial charge on any atom is -0.458 e. The first-order chi connectivity index (χ1) is 37.1. The number of aromatic nitrogens is 4. The summed E-state index contributed by atoms with van der Waals surface area (Å²) in [5, 5.41) is 2.26. The van der Waals surface area contributed by atoms with Crippen molar-refractivity contribution >= 4 is 73.0 Å². The van der Waals surface area contributed by atoms with Crippen molar-refractivity contribution < 1.29 is 9.30 Å². The summed E-state index contributed by atoms with van der Waals surface area (Å²) in [5.74, 6) is 2.25. The van der Waals surface area contributed by atoms with Crippen molar-refractivity contribution in [2.45, 2.75) is 13.8 Å². The van der Waals surface area contributed by atoms with Crippen molar-refractivity contribution in [3.63, 3.8) is 0 Å². The molecule has 1 aliphatic heterocycles. The molecular weight excluding hydrogens is 914 g/mol. The number of ether oxygens (including phenoxy) is 1. The van der Waals surface area contributed by atoms with Crippen LogP contribution in [0, 0.1) is 20.2 Å². The standard InChI is InChI=1S/C68H48BN5O/c1-46-20-17-21-47(2)67(46)69-58-31-10-13-34-61(58)73(62-35-14-11-32-59(62)69)51-40-41-70-66(43-51)74-60-33-12-9-28-56(60)57-39-38-53(44-65(57)74)75-52-27-18-26-50(42-52)71-45-72(64-37-16-15-36-63(64)71)68-54(48-22-5-3-6-23-48)29-19-30-55(68)49-24-7-4-8-25-49/h3-44H,1-2H3. The number of anilines is 3. The normalized spacial score (nSPS) is 12.1. The topological polar surface area (TPSA) is 39.1 Å². The van der Waals surface area contributed by atoms with Gasteiger partial charge in [-0.2, -0.15) is 0 Å². The van der Waals surface area contributed by atoms with Gasteiger partial charge < -0.3 is 9.64 Å². The number of hydrogen-bond acceptors (Lipinski definition) is 3. The van der Waals surface area contributed by atoms with Gasteiger partial charge in [-0.05, 0) is 102 Å². The van der Waals surface area contributed by atoms with Gasteiger partial charge in [-0.25, -0.2) is 4.98 Å². The van der Waals surface area contributed by atoms with Crippen molar-refractivity contribution in [1.29, 1.82) is 0 Å². The first-order valence-corrected chi connectivity index (χ1v) is 25.6. The molecule has 0 N–H and O–H groups in total. The van der Waals surface area contributed by atoms with E-state index in [1.54, 1.807) is 0 Å². The molecule has 0 bridgehead atoms. The Kier molecular flexibility index (Phi) is 10.6. The molecular formula is C68H48BN5O. The van der Waals surface area contributed by atoms with E-state index >= 15 is 0 Å². The van der Waals surface area contributed by atoms with E-state index in [1.807, 2.05) is 12.3 Å². The second-order valence-corrected chi connectivity index (χ2v) is 19.4. The summed E-state index contributed by atoms with van der Waals surface area (Å²) in [4.78, 5) is 7.52. The lowest BCUT2D eigenvalue weighted by atomic mass is 9.34. The van der Waals surface area contributed by atoms with Gasteiger partial charge in [-0.1, -0.05) is 199 Å². The molecule has 0 fully saturated rings. The zero-order valence-corrected chi connectivity index (χ0v) is 41.5. The van der Waals surface area contributed by atoms with Gasteiger partial charge >= 0.3 is 0 Å². The number of para-hydroxylation sites is 6. The number of benzene rings is 10. The van der Waals surface area contributed by atoms with Crippen molar-refractivity contribution in [3.05, 3.63) is 272 Å². The smallest absolute Gasteiger partial charge is 0.269 e. The molecule has 0 atom stereocenters. The number of nitrogens with zero attached hydrogens (tertiary/aromatic N) is 5. The van der Waals surface area contributed by atoms with Crippen LogP contribution in [-0.4, -0.2) is 20.8 Å². The average molecular weight is 962 g/mol. The minimum absolute atomic E-state index is 0.0975. The molecule has 0 unspecified atom stereocenters. The van der Waals surface area contributed by atoms with Crippen LogP contribution in [0.25, 0.3) is 72.3 Å². The Hall–Kier alpha value is -9.72. The predicted molar refractivity (Wildman–Crippen MR) is 308 cm³/mol. The Bertz CT molecular complexity index is 4210. The number of pyridine rings is 1. The third-order valence-corrected chi connectivity index (χ3v) is 15.0. The zero-order valence-electron chi connectivity index (χ0n) is 41.5. The van der Waals surface area contributed by atoms with E-state index in [1.165, 1.54) is 27.5 Å². The maximum atomic E-state index is 6.88. The van der Waals surface area contributed by atoms with Crippen LogP contribution in [0.1, 0.15) is 11.1 Å². The molecule has 0 saturated carbocycles. The third kappa shape index (κ3) is 7.42. The first kappa shape index (κ1) is 44.0. The fraction of sp³-hybridized carbons (Fsp3) is 0.0294. The Morgan fingerprint density at radius 1 is 0.467 bits per heavy atom. The Morgan fingerprint density at radius 2 is 1.05 bits per heavy atom. The van der Waals surface area contributed by atoms with Gasteiger partial charge in [0.05, 0.1) is 39.1 Å². The highest BCUT2D eigenvalue weighted by atomic mass is 16.5. The fourth-order valence-electron chi connectivity index (χ4n) is 11.7. The van der Waals surface area contributed by atoms with Crippen molar-refractivity contribution in [1.82, 2.24) is 14.1 Å². The minimum atomic E-state index is 0.0975. The van der Waals surface area contributed by atoms with Crippen LogP contribution in [0.3, 0.4) is 0 Å². The molecule has 1 aliphatic rings. The number of hydrogen-bond donors (Lipinski definition) is 0. The molecule has 0 saturated heterocycles. The monoisotopic (exact) mass is 961 g/mol. The molecule has 7 heteroatoms. The summed E-state index contributed by atoms with van der Waals surface area (Å²) in [5.41, 5.74) is 20.5. The SMILES string of the molecule is Cc1cccc(C)c1B1c2ccccc2N(c2ccnc(-n3c4ccccc4c4ccc(Oc5cccc(-n6[c-][n+](-c7c(-c8ccccc8)cccc7-c7ccccc7)c7ccccc76)c5)cc43)c2)c2ccccc21. The summed E-state index contributed by atoms with van der Waals surface area (Å²) in [6, 6.07) is 88.3. The molecule has 0 spiro atoms. The van der Waals surface area contributed by atoms with Crippen LogP contribution in [-0.2, 0) is 0 Å². The fourth-order valence-corrected chi connectivity index (χ4v) is 11.7. The van der Waals surface area contributed by atoms with E-state index < -0.39 is 0 Å². The van der Waals surface area contributed by atoms with Gasteiger partial charge in [-0.3, -0.25) is 13.7 Å². The maximum absolute atomic E-state index is 6.88. The van der Waals surface area contributed by atoms with Crippen molar-refractivity contribution in [2.24, 2.45) is 0 Å². The van der Waals surface area contributed by atoms with Crippen LogP contribution in [0.2, 0.25) is 0 Å². The highest BCUT2D eigenvalue weighted by molar-refractivity contribution is 6.98. The van der Waals surface area contributed by atoms with Crippen molar-refractivity contribution in [2.75, 3.05) is 4.90 Å². The van der Waals surface area contributed by atoms with E-state index in [2.05, 4.69) is 281 Å². The van der Waals surface area contributed by atoms with E-state index in [0.29, 0.717) is 5.75 Å². The van der Waals surface area contributed by atoms with E-state index in [-0.39, 0.29) is 6.71 Å². The Morgan fingerprint density at radius 3 is 1.77 bits per heavy atom. The van der Waals surface area contributed by atoms with Crippen molar-refractivity contribution in [3.8, 4) is 50.9 Å². The van der Waals surface area contributed by atoms with Crippen LogP contribution in [0.4, 0.5) is 17.1 Å². The van der Waals surface area contributed by atoms with Gasteiger partial charge in [-0.15, -0.1) is 0 Å². The van der Waals surface area contributed by atoms with Gasteiger partial charge in [0.25, 0.3) is 6.33 Å². The van der Waals surface area contributed by atoms with Gasteiger partial charge in [0.1, 0.15) is 17.3 Å². The second-order valence-electron chi connectivity index (χ2n) is 19.4. The summed E-state index contributed by atoms with van der Waals surface area (Å²) < 4.78 is 13.5. The van der Waals surface area contributed by atoms with Crippen LogP contribution >= 0.6 is 0 Å². The number of fused-ring (bicyclic) bond motifs is 6. The molecule has 0 amide bonds. The third-order valence-electron chi connectivity index (χ3n) is 15.0. The molecule has 3 aromatic heterocycles. The molecule has 354 valence electrons. The highest BCUT2D eigenvalue weighted by Gasteiger charge is 2.36.